The molecule has 3 N–H and O–H groups in total. The molecule has 0 aliphatic carbocycles. The standard InChI is InChI=1S/C15H21N3O3/c1-10(17-6-8-18(9-7-17)11(2)19)14-12(15(20)21)4-3-5-13(14)16/h3-5,10H,6-9,16H2,1-2H3,(H,20,21). The van der Waals surface area contributed by atoms with E-state index < -0.39 is 5.97 Å². The van der Waals surface area contributed by atoms with E-state index in [9.17, 15) is 14.7 Å². The van der Waals surface area contributed by atoms with E-state index in [2.05, 4.69) is 4.90 Å². The lowest BCUT2D eigenvalue weighted by Crippen LogP contribution is -2.48. The molecule has 1 amide bonds. The van der Waals surface area contributed by atoms with Gasteiger partial charge in [0.05, 0.1) is 5.56 Å². The second-order valence-electron chi connectivity index (χ2n) is 5.33. The molecule has 1 atom stereocenters. The summed E-state index contributed by atoms with van der Waals surface area (Å²) in [6.07, 6.45) is 0. The minimum Gasteiger partial charge on any atom is -0.478 e. The molecule has 6 heteroatoms. The number of nitrogen functional groups attached to an aromatic ring is 1. The van der Waals surface area contributed by atoms with Crippen molar-refractivity contribution in [2.45, 2.75) is 19.9 Å². The maximum Gasteiger partial charge on any atom is 0.336 e. The van der Waals surface area contributed by atoms with Crippen LogP contribution in [0.3, 0.4) is 0 Å². The molecule has 0 aromatic heterocycles. The summed E-state index contributed by atoms with van der Waals surface area (Å²) in [6.45, 7) is 6.28. The van der Waals surface area contributed by atoms with Gasteiger partial charge in [-0.1, -0.05) is 6.07 Å². The second kappa shape index (κ2) is 6.13. The number of carbonyl (C=O) groups excluding carboxylic acids is 1. The van der Waals surface area contributed by atoms with Crippen LogP contribution in [-0.2, 0) is 4.79 Å². The molecule has 1 aromatic carbocycles. The van der Waals surface area contributed by atoms with Gasteiger partial charge in [-0.3, -0.25) is 9.69 Å². The fourth-order valence-corrected chi connectivity index (χ4v) is 2.84. The Morgan fingerprint density at radius 1 is 1.24 bits per heavy atom. The number of carboxylic acid groups (broad SMARTS) is 1. The number of carboxylic acids is 1. The lowest BCUT2D eigenvalue weighted by Gasteiger charge is -2.38. The first-order valence-corrected chi connectivity index (χ1v) is 7.03. The van der Waals surface area contributed by atoms with Crippen molar-refractivity contribution < 1.29 is 14.7 Å². The van der Waals surface area contributed by atoms with Gasteiger partial charge in [-0.15, -0.1) is 0 Å². The summed E-state index contributed by atoms with van der Waals surface area (Å²) in [4.78, 5) is 26.7. The van der Waals surface area contributed by atoms with Crippen molar-refractivity contribution >= 4 is 17.6 Å². The number of piperazine rings is 1. The largest absolute Gasteiger partial charge is 0.478 e. The van der Waals surface area contributed by atoms with Crippen molar-refractivity contribution in [2.24, 2.45) is 0 Å². The van der Waals surface area contributed by atoms with E-state index in [-0.39, 0.29) is 17.5 Å². The van der Waals surface area contributed by atoms with E-state index in [1.807, 2.05) is 6.92 Å². The number of carbonyl (C=O) groups is 2. The van der Waals surface area contributed by atoms with Gasteiger partial charge in [0.25, 0.3) is 0 Å². The lowest BCUT2D eigenvalue weighted by atomic mass is 9.97. The molecule has 0 bridgehead atoms. The van der Waals surface area contributed by atoms with Crippen LogP contribution in [0.5, 0.6) is 0 Å². The van der Waals surface area contributed by atoms with Crippen LogP contribution in [0.1, 0.15) is 35.8 Å². The molecule has 1 heterocycles. The van der Waals surface area contributed by atoms with Crippen molar-refractivity contribution in [3.8, 4) is 0 Å². The minimum absolute atomic E-state index is 0.0766. The molecule has 1 fully saturated rings. The smallest absolute Gasteiger partial charge is 0.336 e. The first-order chi connectivity index (χ1) is 9.91. The number of amides is 1. The molecule has 0 saturated carbocycles. The molecule has 114 valence electrons. The van der Waals surface area contributed by atoms with Crippen LogP contribution in [0.15, 0.2) is 18.2 Å². The van der Waals surface area contributed by atoms with Crippen LogP contribution in [-0.4, -0.2) is 53.0 Å². The minimum atomic E-state index is -0.966. The molecule has 1 unspecified atom stereocenters. The summed E-state index contributed by atoms with van der Waals surface area (Å²) in [6, 6.07) is 4.87. The van der Waals surface area contributed by atoms with Crippen molar-refractivity contribution in [3.05, 3.63) is 29.3 Å². The van der Waals surface area contributed by atoms with E-state index in [1.165, 1.54) is 0 Å². The van der Waals surface area contributed by atoms with Gasteiger partial charge < -0.3 is 15.7 Å². The Bertz CT molecular complexity index is 551. The number of anilines is 1. The van der Waals surface area contributed by atoms with Crippen molar-refractivity contribution in [1.82, 2.24) is 9.80 Å². The molecule has 6 nitrogen and oxygen atoms in total. The van der Waals surface area contributed by atoms with Crippen molar-refractivity contribution in [3.63, 3.8) is 0 Å². The number of aromatic carboxylic acids is 1. The van der Waals surface area contributed by atoms with Gasteiger partial charge in [0.1, 0.15) is 0 Å². The van der Waals surface area contributed by atoms with Crippen LogP contribution in [0.25, 0.3) is 0 Å². The van der Waals surface area contributed by atoms with E-state index in [0.29, 0.717) is 37.4 Å². The first-order valence-electron chi connectivity index (χ1n) is 7.03. The average molecular weight is 291 g/mol. The van der Waals surface area contributed by atoms with Crippen molar-refractivity contribution in [1.29, 1.82) is 0 Å². The summed E-state index contributed by atoms with van der Waals surface area (Å²) in [5.74, 6) is -0.890. The zero-order valence-corrected chi connectivity index (χ0v) is 12.4. The highest BCUT2D eigenvalue weighted by Crippen LogP contribution is 2.29. The van der Waals surface area contributed by atoms with Gasteiger partial charge in [0, 0.05) is 50.4 Å². The van der Waals surface area contributed by atoms with Crippen LogP contribution in [0.2, 0.25) is 0 Å². The summed E-state index contributed by atoms with van der Waals surface area (Å²) >= 11 is 0. The van der Waals surface area contributed by atoms with Gasteiger partial charge in [0.2, 0.25) is 5.91 Å². The number of hydrogen-bond acceptors (Lipinski definition) is 4. The molecule has 1 saturated heterocycles. The highest BCUT2D eigenvalue weighted by atomic mass is 16.4. The maximum atomic E-state index is 11.4. The fourth-order valence-electron chi connectivity index (χ4n) is 2.84. The number of nitrogens with zero attached hydrogens (tertiary/aromatic N) is 2. The van der Waals surface area contributed by atoms with Gasteiger partial charge in [-0.05, 0) is 19.1 Å². The first kappa shape index (κ1) is 15.3. The number of nitrogens with two attached hydrogens (primary N) is 1. The predicted molar refractivity (Wildman–Crippen MR) is 80.1 cm³/mol. The summed E-state index contributed by atoms with van der Waals surface area (Å²) in [5.41, 5.74) is 7.39. The molecule has 2 rings (SSSR count). The third-order valence-electron chi connectivity index (χ3n) is 4.10. The Balaban J connectivity index is 2.20. The monoisotopic (exact) mass is 291 g/mol. The lowest BCUT2D eigenvalue weighted by molar-refractivity contribution is -0.130. The molecule has 1 aliphatic rings. The Morgan fingerprint density at radius 3 is 2.38 bits per heavy atom. The van der Waals surface area contributed by atoms with Crippen LogP contribution in [0, 0.1) is 0 Å². The van der Waals surface area contributed by atoms with Gasteiger partial charge in [-0.2, -0.15) is 0 Å². The molecular formula is C15H21N3O3. The topological polar surface area (TPSA) is 86.9 Å². The van der Waals surface area contributed by atoms with Gasteiger partial charge in [-0.25, -0.2) is 4.79 Å². The Hall–Kier alpha value is -2.08. The third kappa shape index (κ3) is 3.16. The summed E-state index contributed by atoms with van der Waals surface area (Å²) in [5, 5.41) is 9.33. The maximum absolute atomic E-state index is 11.4. The quantitative estimate of drug-likeness (QED) is 0.817. The molecule has 1 aliphatic heterocycles. The van der Waals surface area contributed by atoms with Crippen molar-refractivity contribution in [2.75, 3.05) is 31.9 Å². The predicted octanol–water partition coefficient (Wildman–Crippen LogP) is 1.19. The highest BCUT2D eigenvalue weighted by molar-refractivity contribution is 5.91. The van der Waals surface area contributed by atoms with E-state index in [4.69, 9.17) is 5.73 Å². The second-order valence-corrected chi connectivity index (χ2v) is 5.33. The SMILES string of the molecule is CC(=O)N1CCN(C(C)c2c(N)cccc2C(=O)O)CC1. The zero-order chi connectivity index (χ0) is 15.6. The Kier molecular flexibility index (Phi) is 4.47. The molecule has 0 radical (unpaired) electrons. The molecular weight excluding hydrogens is 270 g/mol. The van der Waals surface area contributed by atoms with Crippen LogP contribution >= 0.6 is 0 Å². The highest BCUT2D eigenvalue weighted by Gasteiger charge is 2.27. The van der Waals surface area contributed by atoms with E-state index in [1.54, 1.807) is 30.0 Å². The number of benzene rings is 1. The molecule has 1 aromatic rings. The average Bonchev–Trinajstić information content (AvgIpc) is 2.46. The zero-order valence-electron chi connectivity index (χ0n) is 12.4. The van der Waals surface area contributed by atoms with Crippen LogP contribution in [0.4, 0.5) is 5.69 Å². The third-order valence-corrected chi connectivity index (χ3v) is 4.10. The van der Waals surface area contributed by atoms with Gasteiger partial charge >= 0.3 is 5.97 Å². The van der Waals surface area contributed by atoms with Gasteiger partial charge in [0.15, 0.2) is 0 Å². The number of hydrogen-bond donors (Lipinski definition) is 2. The summed E-state index contributed by atoms with van der Waals surface area (Å²) < 4.78 is 0. The van der Waals surface area contributed by atoms with E-state index in [0.717, 1.165) is 0 Å². The molecule has 0 spiro atoms. The number of rotatable bonds is 3. The normalized spacial score (nSPS) is 17.5. The molecule has 21 heavy (non-hydrogen) atoms. The fraction of sp³-hybridized carbons (Fsp3) is 0.467. The Morgan fingerprint density at radius 2 is 1.86 bits per heavy atom. The van der Waals surface area contributed by atoms with Crippen LogP contribution < -0.4 is 5.73 Å². The summed E-state index contributed by atoms with van der Waals surface area (Å²) in [7, 11) is 0. The van der Waals surface area contributed by atoms with E-state index >= 15 is 0 Å². The Labute approximate surface area is 124 Å².